The summed E-state index contributed by atoms with van der Waals surface area (Å²) >= 11 is 0. The molecule has 146 valence electrons. The zero-order valence-corrected chi connectivity index (χ0v) is 22.3. The Hall–Kier alpha value is -0.0825. The lowest BCUT2D eigenvalue weighted by Crippen LogP contribution is -2.59. The molecule has 0 aromatic rings. The second-order valence-corrected chi connectivity index (χ2v) is 16.6. The van der Waals surface area contributed by atoms with Crippen molar-refractivity contribution in [2.45, 2.75) is 61.1 Å². The van der Waals surface area contributed by atoms with E-state index in [4.69, 9.17) is 21.2 Å². The summed E-state index contributed by atoms with van der Waals surface area (Å²) in [6, 6.07) is 0. The molecule has 1 saturated heterocycles. The van der Waals surface area contributed by atoms with E-state index < -0.39 is 51.0 Å². The van der Waals surface area contributed by atoms with Gasteiger partial charge in [-0.2, -0.15) is 0 Å². The second-order valence-electron chi connectivity index (χ2n) is 8.67. The Kier molecular flexibility index (Phi) is 8.02. The molecule has 0 aromatic carbocycles. The minimum atomic E-state index is -2.30. The van der Waals surface area contributed by atoms with Gasteiger partial charge in [0.05, 0.1) is 0 Å². The van der Waals surface area contributed by atoms with Crippen molar-refractivity contribution in [2.75, 3.05) is 0 Å². The van der Waals surface area contributed by atoms with Gasteiger partial charge in [0.1, 0.15) is 5.73 Å². The third-order valence-electron chi connectivity index (χ3n) is 5.82. The van der Waals surface area contributed by atoms with Crippen LogP contribution in [-0.4, -0.2) is 51.0 Å². The molecule has 0 bridgehead atoms. The van der Waals surface area contributed by atoms with E-state index in [1.807, 2.05) is 0 Å². The third kappa shape index (κ3) is 5.45. The summed E-state index contributed by atoms with van der Waals surface area (Å²) in [6.45, 7) is 20.7. The van der Waals surface area contributed by atoms with Crippen molar-refractivity contribution in [1.29, 1.82) is 0 Å². The Balaban J connectivity index is 3.23. The van der Waals surface area contributed by atoms with Crippen LogP contribution in [0.3, 0.4) is 0 Å². The van der Waals surface area contributed by atoms with Crippen molar-refractivity contribution in [1.82, 2.24) is 0 Å². The molecule has 1 aliphatic heterocycles. The molecule has 1 atom stereocenters. The molecule has 0 aromatic heterocycles. The summed E-state index contributed by atoms with van der Waals surface area (Å²) in [4.78, 5) is 12.3. The highest BCUT2D eigenvalue weighted by Crippen LogP contribution is 2.54. The number of hydrogen-bond donors (Lipinski definition) is 0. The minimum absolute atomic E-state index is 0.00479. The van der Waals surface area contributed by atoms with Crippen molar-refractivity contribution in [3.05, 3.63) is 12.2 Å². The van der Waals surface area contributed by atoms with E-state index >= 15 is 0 Å². The van der Waals surface area contributed by atoms with Gasteiger partial charge in [0.15, 0.2) is 0 Å². The van der Waals surface area contributed by atoms with Crippen LogP contribution in [0.25, 0.3) is 0 Å². The van der Waals surface area contributed by atoms with Gasteiger partial charge < -0.3 is 21.2 Å². The SMILES string of the molecule is C=C(C)C(=O)OC([SiH]1O[SiH2]O[SiH2]O[SiH2]O1)C(C)(C)C(C)(C)C(C)(C)C. The lowest BCUT2D eigenvalue weighted by molar-refractivity contribution is -0.155. The summed E-state index contributed by atoms with van der Waals surface area (Å²) in [5.41, 5.74) is -0.592. The van der Waals surface area contributed by atoms with E-state index in [0.717, 1.165) is 0 Å². The molecule has 25 heavy (non-hydrogen) atoms. The molecule has 0 radical (unpaired) electrons. The van der Waals surface area contributed by atoms with E-state index in [1.165, 1.54) is 0 Å². The predicted molar refractivity (Wildman–Crippen MR) is 109 cm³/mol. The summed E-state index contributed by atoms with van der Waals surface area (Å²) in [5, 5.41) is 0. The highest BCUT2D eigenvalue weighted by atomic mass is 28.4. The van der Waals surface area contributed by atoms with Gasteiger partial charge >= 0.3 is 15.3 Å². The first-order valence-electron chi connectivity index (χ1n) is 8.57. The molecular weight excluding hydrogens is 389 g/mol. The van der Waals surface area contributed by atoms with Crippen LogP contribution >= 0.6 is 0 Å². The molecule has 6 nitrogen and oxygen atoms in total. The maximum atomic E-state index is 12.3. The van der Waals surface area contributed by atoms with Gasteiger partial charge in [-0.3, -0.25) is 0 Å². The summed E-state index contributed by atoms with van der Waals surface area (Å²) in [7, 11) is -5.53. The van der Waals surface area contributed by atoms with Crippen LogP contribution in [0.4, 0.5) is 0 Å². The van der Waals surface area contributed by atoms with Gasteiger partial charge in [-0.05, 0) is 17.8 Å². The smallest absolute Gasteiger partial charge is 0.346 e. The summed E-state index contributed by atoms with van der Waals surface area (Å²) in [6.07, 6.45) is 0. The molecule has 0 spiro atoms. The van der Waals surface area contributed by atoms with Crippen LogP contribution in [0.2, 0.25) is 0 Å². The monoisotopic (exact) mass is 422 g/mol. The normalized spacial score (nSPS) is 24.7. The third-order valence-corrected chi connectivity index (χ3v) is 13.7. The van der Waals surface area contributed by atoms with E-state index in [0.29, 0.717) is 5.57 Å². The van der Waals surface area contributed by atoms with E-state index in [9.17, 15) is 4.79 Å². The van der Waals surface area contributed by atoms with Crippen molar-refractivity contribution in [2.24, 2.45) is 16.2 Å². The zero-order chi connectivity index (χ0) is 19.5. The Morgan fingerprint density at radius 3 is 1.88 bits per heavy atom. The average molecular weight is 423 g/mol. The van der Waals surface area contributed by atoms with Crippen LogP contribution < -0.4 is 0 Å². The maximum absolute atomic E-state index is 12.3. The highest BCUT2D eigenvalue weighted by Gasteiger charge is 2.55. The van der Waals surface area contributed by atoms with E-state index in [1.54, 1.807) is 6.92 Å². The Bertz CT molecular complexity index is 481. The van der Waals surface area contributed by atoms with Gasteiger partial charge in [0.2, 0.25) is 0 Å². The number of hydrogen-bond acceptors (Lipinski definition) is 6. The number of carbonyl (C=O) groups is 1. The van der Waals surface area contributed by atoms with Crippen LogP contribution in [0.5, 0.6) is 0 Å². The second kappa shape index (κ2) is 8.74. The van der Waals surface area contributed by atoms with Crippen LogP contribution in [0.15, 0.2) is 12.2 Å². The van der Waals surface area contributed by atoms with Gasteiger partial charge in [0.25, 0.3) is 30.0 Å². The maximum Gasteiger partial charge on any atom is 0.346 e. The molecule has 0 amide bonds. The molecule has 1 heterocycles. The number of esters is 1. The van der Waals surface area contributed by atoms with Gasteiger partial charge in [-0.1, -0.05) is 55.0 Å². The standard InChI is InChI=1S/C15H34O6Si4/c1-10(2)11(16)17-12(25-20-23-18-22-19-24-21-25)14(6,7)15(8,9)13(3,4)5/h12,25H,1,22-24H2,2-9H3. The van der Waals surface area contributed by atoms with Crippen LogP contribution in [0, 0.1) is 16.2 Å². The van der Waals surface area contributed by atoms with Gasteiger partial charge in [-0.15, -0.1) is 0 Å². The Labute approximate surface area is 161 Å². The van der Waals surface area contributed by atoms with E-state index in [2.05, 4.69) is 55.0 Å². The lowest BCUT2D eigenvalue weighted by Gasteiger charge is -2.54. The first-order chi connectivity index (χ1) is 11.3. The van der Waals surface area contributed by atoms with Crippen molar-refractivity contribution in [3.8, 4) is 0 Å². The summed E-state index contributed by atoms with van der Waals surface area (Å²) in [5.74, 6) is -0.399. The number of ether oxygens (including phenoxy) is 1. The molecule has 1 aliphatic rings. The van der Waals surface area contributed by atoms with Crippen molar-refractivity contribution >= 4 is 45.3 Å². The van der Waals surface area contributed by atoms with Crippen molar-refractivity contribution in [3.63, 3.8) is 0 Å². The molecular formula is C15H34O6Si4. The van der Waals surface area contributed by atoms with Crippen LogP contribution in [0.1, 0.15) is 55.4 Å². The first kappa shape index (κ1) is 23.0. The fourth-order valence-electron chi connectivity index (χ4n) is 2.66. The predicted octanol–water partition coefficient (Wildman–Crippen LogP) is 0.409. The average Bonchev–Trinajstić information content (AvgIpc) is 2.43. The van der Waals surface area contributed by atoms with Crippen LogP contribution in [-0.2, 0) is 26.0 Å². The van der Waals surface area contributed by atoms with Crippen molar-refractivity contribution < 1.29 is 26.0 Å². The molecule has 1 fully saturated rings. The number of rotatable bonds is 5. The van der Waals surface area contributed by atoms with E-state index in [-0.39, 0.29) is 16.2 Å². The number of carbonyl (C=O) groups excluding carboxylic acids is 1. The molecule has 10 heteroatoms. The fourth-order valence-corrected chi connectivity index (χ4v) is 12.3. The molecule has 1 rings (SSSR count). The zero-order valence-electron chi connectivity index (χ0n) is 16.9. The topological polar surface area (TPSA) is 63.2 Å². The van der Waals surface area contributed by atoms with Gasteiger partial charge in [0, 0.05) is 11.0 Å². The Morgan fingerprint density at radius 1 is 1.00 bits per heavy atom. The molecule has 0 aliphatic carbocycles. The summed E-state index contributed by atoms with van der Waals surface area (Å²) < 4.78 is 29.1. The molecule has 1 unspecified atom stereocenters. The minimum Gasteiger partial charge on any atom is -0.457 e. The Morgan fingerprint density at radius 2 is 1.48 bits per heavy atom. The molecule has 0 saturated carbocycles. The molecule has 0 N–H and O–H groups in total. The quantitative estimate of drug-likeness (QED) is 0.363. The first-order valence-corrected chi connectivity index (χ1v) is 13.6. The lowest BCUT2D eigenvalue weighted by atomic mass is 9.55. The highest BCUT2D eigenvalue weighted by molar-refractivity contribution is 6.61. The fraction of sp³-hybridized carbons (Fsp3) is 0.800. The van der Waals surface area contributed by atoms with Gasteiger partial charge in [-0.25, -0.2) is 4.79 Å². The largest absolute Gasteiger partial charge is 0.457 e.